The summed E-state index contributed by atoms with van der Waals surface area (Å²) < 4.78 is 47.0. The van der Waals surface area contributed by atoms with Crippen molar-refractivity contribution in [3.8, 4) is 5.75 Å². The number of carbonyl (C=O) groups excluding carboxylic acids is 1. The Hall–Kier alpha value is -1.43. The fourth-order valence-corrected chi connectivity index (χ4v) is 1.75. The van der Waals surface area contributed by atoms with Gasteiger partial charge in [-0.15, -0.1) is 11.6 Å². The predicted molar refractivity (Wildman–Crippen MR) is 62.9 cm³/mol. The van der Waals surface area contributed by atoms with Gasteiger partial charge in [0.2, 0.25) is 0 Å². The fourth-order valence-electron chi connectivity index (χ4n) is 1.55. The lowest BCUT2D eigenvalue weighted by molar-refractivity contribution is -0.142. The molecule has 1 rings (SSSR count). The molecule has 0 amide bonds. The van der Waals surface area contributed by atoms with Gasteiger partial charge in [0.15, 0.2) is 0 Å². The molecule has 1 aromatic carbocycles. The number of halogens is 4. The molecule has 0 radical (unpaired) electrons. The number of carbonyl (C=O) groups is 1. The second kappa shape index (κ2) is 7.23. The number of hydrogen-bond donors (Lipinski definition) is 0. The third-order valence-corrected chi connectivity index (χ3v) is 2.49. The largest absolute Gasteiger partial charge is 0.466 e. The van der Waals surface area contributed by atoms with Crippen LogP contribution in [-0.2, 0) is 21.8 Å². The zero-order chi connectivity index (χ0) is 14.4. The van der Waals surface area contributed by atoms with E-state index >= 15 is 0 Å². The molecule has 1 aromatic rings. The molecule has 0 aliphatic carbocycles. The normalized spacial score (nSPS) is 10.6. The van der Waals surface area contributed by atoms with E-state index < -0.39 is 18.4 Å². The van der Waals surface area contributed by atoms with Crippen LogP contribution >= 0.6 is 11.6 Å². The van der Waals surface area contributed by atoms with Crippen molar-refractivity contribution >= 4 is 17.6 Å². The molecule has 0 aliphatic heterocycles. The van der Waals surface area contributed by atoms with Crippen molar-refractivity contribution in [2.75, 3.05) is 6.61 Å². The molecule has 0 aliphatic rings. The van der Waals surface area contributed by atoms with Gasteiger partial charge in [-0.3, -0.25) is 4.79 Å². The average Bonchev–Trinajstić information content (AvgIpc) is 2.31. The molecule has 0 spiro atoms. The highest BCUT2D eigenvalue weighted by molar-refractivity contribution is 6.17. The van der Waals surface area contributed by atoms with Gasteiger partial charge >= 0.3 is 12.6 Å². The molecular formula is C12H12ClF3O3. The van der Waals surface area contributed by atoms with Gasteiger partial charge < -0.3 is 9.47 Å². The quantitative estimate of drug-likeness (QED) is 0.597. The van der Waals surface area contributed by atoms with E-state index in [0.29, 0.717) is 0 Å². The molecule has 0 atom stereocenters. The first-order valence-electron chi connectivity index (χ1n) is 5.45. The maximum Gasteiger partial charge on any atom is 0.387 e. The zero-order valence-electron chi connectivity index (χ0n) is 10.1. The van der Waals surface area contributed by atoms with Crippen LogP contribution in [-0.4, -0.2) is 19.2 Å². The summed E-state index contributed by atoms with van der Waals surface area (Å²) in [6.45, 7) is -1.35. The Bertz CT molecular complexity index is 452. The van der Waals surface area contributed by atoms with Gasteiger partial charge in [0.1, 0.15) is 11.6 Å². The first kappa shape index (κ1) is 15.6. The number of esters is 1. The highest BCUT2D eigenvalue weighted by Crippen LogP contribution is 2.29. The summed E-state index contributed by atoms with van der Waals surface area (Å²) >= 11 is 5.55. The third kappa shape index (κ3) is 4.63. The van der Waals surface area contributed by atoms with Gasteiger partial charge in [0.25, 0.3) is 0 Å². The van der Waals surface area contributed by atoms with E-state index in [0.717, 1.165) is 12.1 Å². The van der Waals surface area contributed by atoms with Crippen molar-refractivity contribution < 1.29 is 27.4 Å². The minimum absolute atomic E-state index is 0.0191. The number of hydrogen-bond acceptors (Lipinski definition) is 3. The fraction of sp³-hybridized carbons (Fsp3) is 0.417. The second-order valence-corrected chi connectivity index (χ2v) is 3.81. The Morgan fingerprint density at radius 2 is 2.00 bits per heavy atom. The SMILES string of the molecule is CCOC(=O)Cc1cc(F)cc(CCl)c1OC(F)F. The topological polar surface area (TPSA) is 35.5 Å². The molecule has 0 unspecified atom stereocenters. The predicted octanol–water partition coefficient (Wildman–Crippen LogP) is 3.27. The van der Waals surface area contributed by atoms with Crippen LogP contribution in [0.4, 0.5) is 13.2 Å². The van der Waals surface area contributed by atoms with Crippen molar-refractivity contribution in [2.24, 2.45) is 0 Å². The minimum atomic E-state index is -3.09. The molecular weight excluding hydrogens is 285 g/mol. The van der Waals surface area contributed by atoms with Crippen LogP contribution in [0, 0.1) is 5.82 Å². The van der Waals surface area contributed by atoms with Crippen LogP contribution in [0.2, 0.25) is 0 Å². The van der Waals surface area contributed by atoms with Gasteiger partial charge in [-0.05, 0) is 19.1 Å². The van der Waals surface area contributed by atoms with Crippen LogP contribution in [0.1, 0.15) is 18.1 Å². The van der Waals surface area contributed by atoms with Crippen molar-refractivity contribution in [2.45, 2.75) is 25.8 Å². The van der Waals surface area contributed by atoms with Crippen LogP contribution in [0.3, 0.4) is 0 Å². The molecule has 0 bridgehead atoms. The standard InChI is InChI=1S/C12H12ClF3O3/c1-2-18-10(17)5-7-3-9(14)4-8(6-13)11(7)19-12(15)16/h3-4,12H,2,5-6H2,1H3. The maximum absolute atomic E-state index is 13.3. The van der Waals surface area contributed by atoms with Crippen LogP contribution in [0.5, 0.6) is 5.75 Å². The van der Waals surface area contributed by atoms with E-state index in [4.69, 9.17) is 11.6 Å². The van der Waals surface area contributed by atoms with Gasteiger partial charge in [0.05, 0.1) is 18.9 Å². The summed E-state index contributed by atoms with van der Waals surface area (Å²) in [7, 11) is 0. The minimum Gasteiger partial charge on any atom is -0.466 e. The lowest BCUT2D eigenvalue weighted by Crippen LogP contribution is -2.12. The molecule has 0 fully saturated rings. The van der Waals surface area contributed by atoms with Crippen LogP contribution in [0.25, 0.3) is 0 Å². The van der Waals surface area contributed by atoms with E-state index in [2.05, 4.69) is 9.47 Å². The average molecular weight is 297 g/mol. The number of ether oxygens (including phenoxy) is 2. The molecule has 7 heteroatoms. The number of benzene rings is 1. The Balaban J connectivity index is 3.11. The molecule has 0 N–H and O–H groups in total. The second-order valence-electron chi connectivity index (χ2n) is 3.55. The first-order valence-corrected chi connectivity index (χ1v) is 5.99. The Labute approximate surface area is 113 Å². The van der Waals surface area contributed by atoms with Crippen LogP contribution < -0.4 is 4.74 Å². The smallest absolute Gasteiger partial charge is 0.387 e. The van der Waals surface area contributed by atoms with Crippen molar-refractivity contribution in [3.63, 3.8) is 0 Å². The molecule has 106 valence electrons. The maximum atomic E-state index is 13.3. The summed E-state index contributed by atoms with van der Waals surface area (Å²) in [5.41, 5.74) is 0.0377. The molecule has 0 saturated carbocycles. The summed E-state index contributed by atoms with van der Waals surface area (Å²) in [6, 6.07) is 1.93. The Kier molecular flexibility index (Phi) is 5.95. The zero-order valence-corrected chi connectivity index (χ0v) is 10.8. The Morgan fingerprint density at radius 3 is 2.53 bits per heavy atom. The summed E-state index contributed by atoms with van der Waals surface area (Å²) in [5, 5.41) is 0. The lowest BCUT2D eigenvalue weighted by atomic mass is 10.1. The van der Waals surface area contributed by atoms with Crippen molar-refractivity contribution in [1.82, 2.24) is 0 Å². The van der Waals surface area contributed by atoms with E-state index in [-0.39, 0.29) is 35.8 Å². The highest BCUT2D eigenvalue weighted by atomic mass is 35.5. The van der Waals surface area contributed by atoms with Gasteiger partial charge in [-0.1, -0.05) is 0 Å². The monoisotopic (exact) mass is 296 g/mol. The first-order chi connectivity index (χ1) is 8.97. The van der Waals surface area contributed by atoms with E-state index in [1.165, 1.54) is 0 Å². The van der Waals surface area contributed by atoms with Gasteiger partial charge in [-0.2, -0.15) is 8.78 Å². The molecule has 0 saturated heterocycles. The number of alkyl halides is 3. The van der Waals surface area contributed by atoms with Gasteiger partial charge in [-0.25, -0.2) is 4.39 Å². The summed E-state index contributed by atoms with van der Waals surface area (Å²) in [6.07, 6.45) is -0.364. The summed E-state index contributed by atoms with van der Waals surface area (Å²) in [4.78, 5) is 11.3. The highest BCUT2D eigenvalue weighted by Gasteiger charge is 2.18. The van der Waals surface area contributed by atoms with Crippen molar-refractivity contribution in [1.29, 1.82) is 0 Å². The lowest BCUT2D eigenvalue weighted by Gasteiger charge is -2.14. The third-order valence-electron chi connectivity index (χ3n) is 2.20. The number of rotatable bonds is 6. The van der Waals surface area contributed by atoms with E-state index in [9.17, 15) is 18.0 Å². The molecule has 0 aromatic heterocycles. The van der Waals surface area contributed by atoms with E-state index in [1.807, 2.05) is 0 Å². The van der Waals surface area contributed by atoms with E-state index in [1.54, 1.807) is 6.92 Å². The van der Waals surface area contributed by atoms with Crippen molar-refractivity contribution in [3.05, 3.63) is 29.1 Å². The molecule has 19 heavy (non-hydrogen) atoms. The van der Waals surface area contributed by atoms with Gasteiger partial charge in [0, 0.05) is 11.1 Å². The summed E-state index contributed by atoms with van der Waals surface area (Å²) in [5.74, 6) is -1.83. The molecule has 0 heterocycles. The van der Waals surface area contributed by atoms with Crippen LogP contribution in [0.15, 0.2) is 12.1 Å². The Morgan fingerprint density at radius 1 is 1.37 bits per heavy atom. The molecule has 3 nitrogen and oxygen atoms in total.